The van der Waals surface area contributed by atoms with E-state index in [-0.39, 0.29) is 0 Å². The SMILES string of the molecule is CNCc1occc1-c1ccc(-c2ccccc2)cc1. The molecular formula is C18H17NO. The predicted octanol–water partition coefficient (Wildman–Crippen LogP) is 4.33. The van der Waals surface area contributed by atoms with Crippen LogP contribution in [0.4, 0.5) is 0 Å². The maximum absolute atomic E-state index is 5.51. The Morgan fingerprint density at radius 2 is 1.45 bits per heavy atom. The quantitative estimate of drug-likeness (QED) is 0.757. The summed E-state index contributed by atoms with van der Waals surface area (Å²) in [6, 6.07) is 21.0. The lowest BCUT2D eigenvalue weighted by atomic mass is 10.0. The maximum Gasteiger partial charge on any atom is 0.125 e. The molecule has 0 amide bonds. The van der Waals surface area contributed by atoms with Crippen molar-refractivity contribution in [3.63, 3.8) is 0 Å². The molecule has 0 aliphatic rings. The average Bonchev–Trinajstić information content (AvgIpc) is 2.97. The van der Waals surface area contributed by atoms with E-state index in [0.717, 1.165) is 17.9 Å². The van der Waals surface area contributed by atoms with Gasteiger partial charge in [-0.1, -0.05) is 54.6 Å². The van der Waals surface area contributed by atoms with Crippen LogP contribution in [-0.2, 0) is 6.54 Å². The summed E-state index contributed by atoms with van der Waals surface area (Å²) >= 11 is 0. The summed E-state index contributed by atoms with van der Waals surface area (Å²) in [5.41, 5.74) is 4.80. The Morgan fingerprint density at radius 1 is 0.800 bits per heavy atom. The Bertz CT molecular complexity index is 668. The van der Waals surface area contributed by atoms with Crippen LogP contribution in [-0.4, -0.2) is 7.05 Å². The minimum Gasteiger partial charge on any atom is -0.467 e. The fourth-order valence-corrected chi connectivity index (χ4v) is 2.37. The molecule has 0 saturated heterocycles. The van der Waals surface area contributed by atoms with Gasteiger partial charge in [-0.15, -0.1) is 0 Å². The van der Waals surface area contributed by atoms with Crippen LogP contribution in [0.2, 0.25) is 0 Å². The molecule has 0 aliphatic carbocycles. The Kier molecular flexibility index (Phi) is 3.66. The summed E-state index contributed by atoms with van der Waals surface area (Å²) in [7, 11) is 1.92. The molecule has 0 fully saturated rings. The number of nitrogens with one attached hydrogen (secondary N) is 1. The topological polar surface area (TPSA) is 25.2 Å². The minimum atomic E-state index is 0.739. The third kappa shape index (κ3) is 2.51. The standard InChI is InChI=1S/C18H17NO/c1-19-13-18-17(11-12-20-18)16-9-7-15(8-10-16)14-5-3-2-4-6-14/h2-12,19H,13H2,1H3. The normalized spacial score (nSPS) is 10.7. The second-order valence-electron chi connectivity index (χ2n) is 4.73. The summed E-state index contributed by atoms with van der Waals surface area (Å²) in [4.78, 5) is 0. The van der Waals surface area contributed by atoms with Crippen molar-refractivity contribution < 1.29 is 4.42 Å². The van der Waals surface area contributed by atoms with Crippen molar-refractivity contribution in [3.8, 4) is 22.3 Å². The first kappa shape index (κ1) is 12.7. The van der Waals surface area contributed by atoms with Crippen LogP contribution in [0.5, 0.6) is 0 Å². The highest BCUT2D eigenvalue weighted by molar-refractivity contribution is 5.71. The molecule has 1 heterocycles. The Labute approximate surface area is 119 Å². The van der Waals surface area contributed by atoms with Crippen molar-refractivity contribution in [1.29, 1.82) is 0 Å². The van der Waals surface area contributed by atoms with Gasteiger partial charge < -0.3 is 9.73 Å². The molecule has 100 valence electrons. The lowest BCUT2D eigenvalue weighted by molar-refractivity contribution is 0.497. The first-order valence-electron chi connectivity index (χ1n) is 6.75. The molecule has 0 radical (unpaired) electrons. The van der Waals surface area contributed by atoms with Gasteiger partial charge in [0.15, 0.2) is 0 Å². The molecule has 0 atom stereocenters. The van der Waals surface area contributed by atoms with Crippen LogP contribution in [0, 0.1) is 0 Å². The number of furan rings is 1. The van der Waals surface area contributed by atoms with Crippen LogP contribution in [0.15, 0.2) is 71.3 Å². The summed E-state index contributed by atoms with van der Waals surface area (Å²) in [6.07, 6.45) is 1.74. The van der Waals surface area contributed by atoms with Crippen LogP contribution in [0.3, 0.4) is 0 Å². The van der Waals surface area contributed by atoms with Crippen LogP contribution < -0.4 is 5.32 Å². The molecule has 3 rings (SSSR count). The molecule has 3 aromatic rings. The van der Waals surface area contributed by atoms with Crippen molar-refractivity contribution in [1.82, 2.24) is 5.32 Å². The van der Waals surface area contributed by atoms with Crippen LogP contribution >= 0.6 is 0 Å². The third-order valence-corrected chi connectivity index (χ3v) is 3.39. The highest BCUT2D eigenvalue weighted by Crippen LogP contribution is 2.27. The predicted molar refractivity (Wildman–Crippen MR) is 82.3 cm³/mol. The van der Waals surface area contributed by atoms with Gasteiger partial charge in [-0.2, -0.15) is 0 Å². The van der Waals surface area contributed by atoms with Gasteiger partial charge in [0.2, 0.25) is 0 Å². The van der Waals surface area contributed by atoms with E-state index in [0.29, 0.717) is 0 Å². The van der Waals surface area contributed by atoms with Crippen LogP contribution in [0.25, 0.3) is 22.3 Å². The van der Waals surface area contributed by atoms with Gasteiger partial charge in [-0.05, 0) is 29.8 Å². The van der Waals surface area contributed by atoms with E-state index >= 15 is 0 Å². The first-order chi connectivity index (χ1) is 9.88. The van der Waals surface area contributed by atoms with E-state index in [2.05, 4.69) is 53.8 Å². The van der Waals surface area contributed by atoms with E-state index in [9.17, 15) is 0 Å². The summed E-state index contributed by atoms with van der Waals surface area (Å²) < 4.78 is 5.51. The molecule has 2 nitrogen and oxygen atoms in total. The first-order valence-corrected chi connectivity index (χ1v) is 6.75. The molecule has 0 bridgehead atoms. The van der Waals surface area contributed by atoms with Gasteiger partial charge in [-0.3, -0.25) is 0 Å². The van der Waals surface area contributed by atoms with Crippen LogP contribution in [0.1, 0.15) is 5.76 Å². The van der Waals surface area contributed by atoms with Gasteiger partial charge >= 0.3 is 0 Å². The van der Waals surface area contributed by atoms with Gasteiger partial charge in [0.05, 0.1) is 12.8 Å². The van der Waals surface area contributed by atoms with Gasteiger partial charge in [0, 0.05) is 5.56 Å². The fourth-order valence-electron chi connectivity index (χ4n) is 2.37. The Hall–Kier alpha value is -2.32. The number of rotatable bonds is 4. The molecule has 0 saturated carbocycles. The zero-order valence-corrected chi connectivity index (χ0v) is 11.5. The second-order valence-corrected chi connectivity index (χ2v) is 4.73. The maximum atomic E-state index is 5.51. The Morgan fingerprint density at radius 3 is 2.15 bits per heavy atom. The second kappa shape index (κ2) is 5.76. The number of hydrogen-bond acceptors (Lipinski definition) is 2. The van der Waals surface area contributed by atoms with Crippen molar-refractivity contribution >= 4 is 0 Å². The molecule has 0 spiro atoms. The summed E-state index contributed by atoms with van der Waals surface area (Å²) in [5, 5.41) is 3.12. The number of hydrogen-bond donors (Lipinski definition) is 1. The zero-order valence-electron chi connectivity index (χ0n) is 11.5. The van der Waals surface area contributed by atoms with Crippen molar-refractivity contribution in [3.05, 3.63) is 72.7 Å². The van der Waals surface area contributed by atoms with Gasteiger partial charge in [0.1, 0.15) is 5.76 Å². The smallest absolute Gasteiger partial charge is 0.125 e. The fraction of sp³-hybridized carbons (Fsp3) is 0.111. The average molecular weight is 263 g/mol. The zero-order chi connectivity index (χ0) is 13.8. The van der Waals surface area contributed by atoms with Crippen molar-refractivity contribution in [2.24, 2.45) is 0 Å². The molecule has 0 unspecified atom stereocenters. The molecular weight excluding hydrogens is 246 g/mol. The van der Waals surface area contributed by atoms with Crippen molar-refractivity contribution in [2.75, 3.05) is 7.05 Å². The van der Waals surface area contributed by atoms with Gasteiger partial charge in [-0.25, -0.2) is 0 Å². The molecule has 2 aromatic carbocycles. The highest BCUT2D eigenvalue weighted by atomic mass is 16.3. The highest BCUT2D eigenvalue weighted by Gasteiger charge is 2.08. The third-order valence-electron chi connectivity index (χ3n) is 3.39. The Balaban J connectivity index is 1.91. The van der Waals surface area contributed by atoms with Gasteiger partial charge in [0.25, 0.3) is 0 Å². The largest absolute Gasteiger partial charge is 0.467 e. The van der Waals surface area contributed by atoms with E-state index in [1.54, 1.807) is 6.26 Å². The molecule has 0 aliphatic heterocycles. The minimum absolute atomic E-state index is 0.739. The molecule has 2 heteroatoms. The molecule has 20 heavy (non-hydrogen) atoms. The summed E-state index contributed by atoms with van der Waals surface area (Å²) in [6.45, 7) is 0.739. The van der Waals surface area contributed by atoms with E-state index in [1.165, 1.54) is 16.7 Å². The van der Waals surface area contributed by atoms with Crippen molar-refractivity contribution in [2.45, 2.75) is 6.54 Å². The summed E-state index contributed by atoms with van der Waals surface area (Å²) in [5.74, 6) is 0.972. The van der Waals surface area contributed by atoms with E-state index < -0.39 is 0 Å². The molecule has 1 N–H and O–H groups in total. The van der Waals surface area contributed by atoms with E-state index in [4.69, 9.17) is 4.42 Å². The molecule has 1 aromatic heterocycles. The lowest BCUT2D eigenvalue weighted by Crippen LogP contribution is -2.04. The monoisotopic (exact) mass is 263 g/mol. The number of benzene rings is 2. The van der Waals surface area contributed by atoms with E-state index in [1.807, 2.05) is 19.2 Å². The lowest BCUT2D eigenvalue weighted by Gasteiger charge is -2.05.